The molecular formula is C23H24NO3P. The summed E-state index contributed by atoms with van der Waals surface area (Å²) in [6.07, 6.45) is 1.13. The number of amides is 1. The Labute approximate surface area is 166 Å². The van der Waals surface area contributed by atoms with Gasteiger partial charge in [0, 0.05) is 5.97 Å². The Morgan fingerprint density at radius 1 is 0.750 bits per heavy atom. The lowest BCUT2D eigenvalue weighted by atomic mass is 10.3. The Morgan fingerprint density at radius 2 is 1.04 bits per heavy atom. The topological polar surface area (TPSA) is 83.2 Å². The maximum Gasteiger partial charge on any atom is 0.221 e. The van der Waals surface area contributed by atoms with Crippen molar-refractivity contribution >= 4 is 35.1 Å². The number of carbonyl (C=O) groups excluding carboxylic acids is 2. The van der Waals surface area contributed by atoms with E-state index in [1.807, 2.05) is 18.2 Å². The van der Waals surface area contributed by atoms with Gasteiger partial charge in [-0.15, -0.1) is 0 Å². The van der Waals surface area contributed by atoms with Crippen LogP contribution in [0.5, 0.6) is 0 Å². The van der Waals surface area contributed by atoms with Crippen molar-refractivity contribution in [2.75, 3.05) is 6.16 Å². The van der Waals surface area contributed by atoms with Crippen molar-refractivity contribution in [1.29, 1.82) is 0 Å². The number of benzene rings is 3. The van der Waals surface area contributed by atoms with Gasteiger partial charge in [-0.1, -0.05) is 54.6 Å². The average Bonchev–Trinajstić information content (AvgIpc) is 2.70. The molecule has 1 amide bonds. The third-order valence-corrected chi connectivity index (χ3v) is 8.72. The van der Waals surface area contributed by atoms with Crippen molar-refractivity contribution in [3.05, 3.63) is 91.0 Å². The molecular weight excluding hydrogens is 369 g/mol. The van der Waals surface area contributed by atoms with E-state index in [2.05, 4.69) is 72.8 Å². The van der Waals surface area contributed by atoms with Crippen molar-refractivity contribution in [1.82, 2.24) is 0 Å². The fraction of sp³-hybridized carbons (Fsp3) is 0.130. The van der Waals surface area contributed by atoms with E-state index in [4.69, 9.17) is 15.6 Å². The van der Waals surface area contributed by atoms with Crippen molar-refractivity contribution in [2.24, 2.45) is 5.73 Å². The zero-order valence-corrected chi connectivity index (χ0v) is 16.7. The largest absolute Gasteiger partial charge is 0.550 e. The number of primary amides is 1. The lowest BCUT2D eigenvalue weighted by Gasteiger charge is -2.27. The van der Waals surface area contributed by atoms with Crippen LogP contribution in [0.15, 0.2) is 91.0 Å². The van der Waals surface area contributed by atoms with Crippen molar-refractivity contribution in [3.63, 3.8) is 0 Å². The van der Waals surface area contributed by atoms with Gasteiger partial charge in [0.15, 0.2) is 0 Å². The number of carboxylic acids is 1. The second kappa shape index (κ2) is 10.4. The van der Waals surface area contributed by atoms with E-state index in [-0.39, 0.29) is 5.91 Å². The summed E-state index contributed by atoms with van der Waals surface area (Å²) in [6, 6.07) is 31.6. The highest BCUT2D eigenvalue weighted by Crippen LogP contribution is 2.55. The number of hydrogen-bond acceptors (Lipinski definition) is 3. The molecule has 0 radical (unpaired) electrons. The third-order valence-electron chi connectivity index (χ3n) is 4.28. The molecule has 0 unspecified atom stereocenters. The molecule has 0 saturated heterocycles. The van der Waals surface area contributed by atoms with Gasteiger partial charge >= 0.3 is 0 Å². The molecule has 0 aliphatic carbocycles. The molecule has 5 heteroatoms. The fourth-order valence-corrected chi connectivity index (χ4v) is 7.43. The summed E-state index contributed by atoms with van der Waals surface area (Å²) in [5, 5.41) is 12.7. The van der Waals surface area contributed by atoms with Crippen molar-refractivity contribution in [3.8, 4) is 0 Å². The molecule has 0 aromatic heterocycles. The smallest absolute Gasteiger partial charge is 0.221 e. The van der Waals surface area contributed by atoms with Crippen molar-refractivity contribution in [2.45, 2.75) is 13.3 Å². The molecule has 2 N–H and O–H groups in total. The summed E-state index contributed by atoms with van der Waals surface area (Å²) in [5.41, 5.74) is 5.51. The van der Waals surface area contributed by atoms with Crippen LogP contribution in [-0.4, -0.2) is 18.0 Å². The zero-order valence-electron chi connectivity index (χ0n) is 15.8. The number of hydrogen-bond donors (Lipinski definition) is 1. The van der Waals surface area contributed by atoms with Gasteiger partial charge in [-0.3, -0.25) is 4.79 Å². The monoisotopic (exact) mass is 393 g/mol. The van der Waals surface area contributed by atoms with Crippen LogP contribution in [0.3, 0.4) is 0 Å². The second-order valence-corrected chi connectivity index (χ2v) is 9.86. The Bertz CT molecular complexity index is 783. The molecule has 0 bridgehead atoms. The predicted octanol–water partition coefficient (Wildman–Crippen LogP) is 1.61. The summed E-state index contributed by atoms with van der Waals surface area (Å²) in [6.45, 7) is 0.972. The molecule has 4 nitrogen and oxygen atoms in total. The van der Waals surface area contributed by atoms with Crippen LogP contribution in [0.1, 0.15) is 13.3 Å². The minimum Gasteiger partial charge on any atom is -0.550 e. The van der Waals surface area contributed by atoms with E-state index in [0.717, 1.165) is 13.1 Å². The molecule has 0 atom stereocenters. The highest BCUT2D eigenvalue weighted by Gasteiger charge is 2.44. The highest BCUT2D eigenvalue weighted by atomic mass is 31.2. The Hall–Kier alpha value is -2.97. The Morgan fingerprint density at radius 3 is 1.29 bits per heavy atom. The van der Waals surface area contributed by atoms with Gasteiger partial charge < -0.3 is 15.6 Å². The van der Waals surface area contributed by atoms with E-state index in [1.54, 1.807) is 0 Å². The highest BCUT2D eigenvalue weighted by molar-refractivity contribution is 7.95. The van der Waals surface area contributed by atoms with Crippen molar-refractivity contribution < 1.29 is 14.7 Å². The van der Waals surface area contributed by atoms with Gasteiger partial charge in [0.1, 0.15) is 23.2 Å². The first-order chi connectivity index (χ1) is 13.5. The quantitative estimate of drug-likeness (QED) is 0.646. The van der Waals surface area contributed by atoms with E-state index in [9.17, 15) is 4.79 Å². The normalized spacial score (nSPS) is 10.5. The Kier molecular flexibility index (Phi) is 7.91. The molecule has 144 valence electrons. The van der Waals surface area contributed by atoms with Gasteiger partial charge in [-0.2, -0.15) is 0 Å². The van der Waals surface area contributed by atoms with Crippen LogP contribution >= 0.6 is 7.26 Å². The molecule has 0 spiro atoms. The number of carboxylic acid groups (broad SMARTS) is 1. The zero-order chi connectivity index (χ0) is 20.4. The van der Waals surface area contributed by atoms with E-state index in [0.29, 0.717) is 6.42 Å². The second-order valence-electron chi connectivity index (χ2n) is 6.25. The summed E-state index contributed by atoms with van der Waals surface area (Å²) < 4.78 is 0. The van der Waals surface area contributed by atoms with E-state index in [1.165, 1.54) is 15.9 Å². The summed E-state index contributed by atoms with van der Waals surface area (Å²) in [4.78, 5) is 20.5. The SMILES string of the molecule is CC(=O)[O-].NC(=O)CC[P+](c1ccccc1)(c1ccccc1)c1ccccc1. The van der Waals surface area contributed by atoms with Crippen LogP contribution in [0.4, 0.5) is 0 Å². The molecule has 0 aliphatic rings. The first-order valence-corrected chi connectivity index (χ1v) is 10.9. The lowest BCUT2D eigenvalue weighted by molar-refractivity contribution is -0.302. The lowest BCUT2D eigenvalue weighted by Crippen LogP contribution is -2.34. The summed E-state index contributed by atoms with van der Waals surface area (Å²) >= 11 is 0. The van der Waals surface area contributed by atoms with Gasteiger partial charge in [0.05, 0.1) is 12.6 Å². The minimum atomic E-state index is -1.91. The number of aliphatic carboxylic acids is 1. The molecule has 28 heavy (non-hydrogen) atoms. The van der Waals surface area contributed by atoms with Crippen LogP contribution in [0, 0.1) is 0 Å². The molecule has 3 aromatic rings. The molecule has 3 rings (SSSR count). The van der Waals surface area contributed by atoms with Crippen LogP contribution in [0.2, 0.25) is 0 Å². The molecule has 0 saturated carbocycles. The maximum absolute atomic E-state index is 11.6. The first-order valence-electron chi connectivity index (χ1n) is 8.97. The molecule has 0 fully saturated rings. The minimum absolute atomic E-state index is 0.248. The molecule has 0 heterocycles. The molecule has 0 aliphatic heterocycles. The van der Waals surface area contributed by atoms with Crippen LogP contribution in [0.25, 0.3) is 0 Å². The molecule has 3 aromatic carbocycles. The Balaban J connectivity index is 0.000000640. The average molecular weight is 393 g/mol. The van der Waals surface area contributed by atoms with Gasteiger partial charge in [0.2, 0.25) is 5.91 Å². The fourth-order valence-electron chi connectivity index (χ4n) is 3.16. The first kappa shape index (κ1) is 21.3. The predicted molar refractivity (Wildman–Crippen MR) is 115 cm³/mol. The van der Waals surface area contributed by atoms with Gasteiger partial charge in [-0.05, 0) is 43.3 Å². The summed E-state index contributed by atoms with van der Waals surface area (Å²) in [5.74, 6) is -1.33. The van der Waals surface area contributed by atoms with E-state index >= 15 is 0 Å². The number of nitrogens with two attached hydrogens (primary N) is 1. The number of carbonyl (C=O) groups is 2. The summed E-state index contributed by atoms with van der Waals surface area (Å²) in [7, 11) is -1.91. The maximum atomic E-state index is 11.6. The third kappa shape index (κ3) is 5.51. The number of rotatable bonds is 6. The van der Waals surface area contributed by atoms with Crippen LogP contribution < -0.4 is 26.8 Å². The standard InChI is InChI=1S/C21H20NOP.C2H4O2/c22-21(23)16-17-24(18-10-4-1-5-11-18,19-12-6-2-7-13-19)20-14-8-3-9-15-20;1-2(3)4/h1-15H,16-17H2,(H-,22,23);1H3,(H,3,4). The van der Waals surface area contributed by atoms with Gasteiger partial charge in [-0.25, -0.2) is 0 Å². The van der Waals surface area contributed by atoms with Crippen LogP contribution in [-0.2, 0) is 9.59 Å². The van der Waals surface area contributed by atoms with E-state index < -0.39 is 13.2 Å². The van der Waals surface area contributed by atoms with Gasteiger partial charge in [0.25, 0.3) is 0 Å².